The Kier molecular flexibility index (Phi) is 15.4. The highest BCUT2D eigenvalue weighted by atomic mass is 16.5. The van der Waals surface area contributed by atoms with Gasteiger partial charge in [0.05, 0.1) is 24.8 Å². The van der Waals surface area contributed by atoms with Crippen LogP contribution in [-0.4, -0.2) is 99.8 Å². The van der Waals surface area contributed by atoms with Crippen LogP contribution in [0.5, 0.6) is 0 Å². The van der Waals surface area contributed by atoms with E-state index in [9.17, 15) is 24.3 Å². The van der Waals surface area contributed by atoms with Gasteiger partial charge >= 0.3 is 12.1 Å². The largest absolute Gasteiger partial charge is 0.453 e. The average Bonchev–Trinajstić information content (AvgIpc) is 3.58. The summed E-state index contributed by atoms with van der Waals surface area (Å²) < 4.78 is 4.80. The minimum atomic E-state index is -1.17. The molecule has 1 saturated heterocycles. The molecule has 5 rings (SSSR count). The number of amides is 5. The summed E-state index contributed by atoms with van der Waals surface area (Å²) in [5, 5.41) is 20.4. The van der Waals surface area contributed by atoms with Gasteiger partial charge in [-0.1, -0.05) is 119 Å². The Hall–Kier alpha value is -5.53. The van der Waals surface area contributed by atoms with E-state index in [0.29, 0.717) is 38.9 Å². The average molecular weight is 780 g/mol. The Morgan fingerprint density at radius 2 is 1.49 bits per heavy atom. The van der Waals surface area contributed by atoms with Gasteiger partial charge in [-0.05, 0) is 47.1 Å². The number of para-hydroxylation sites is 1. The quantitative estimate of drug-likeness (QED) is 0.0938. The number of carbonyl (C=O) groups is 4. The second-order valence-electron chi connectivity index (χ2n) is 14.9. The predicted molar refractivity (Wildman–Crippen MR) is 219 cm³/mol. The van der Waals surface area contributed by atoms with Crippen molar-refractivity contribution in [2.45, 2.75) is 84.3 Å². The molecule has 1 aliphatic heterocycles. The lowest BCUT2D eigenvalue weighted by molar-refractivity contribution is -0.132. The second kappa shape index (κ2) is 20.6. The Morgan fingerprint density at radius 1 is 0.842 bits per heavy atom. The number of nitrogens with one attached hydrogen (secondary N) is 3. The van der Waals surface area contributed by atoms with Crippen molar-refractivity contribution in [1.82, 2.24) is 35.9 Å². The van der Waals surface area contributed by atoms with Crippen LogP contribution in [0.15, 0.2) is 97.2 Å². The van der Waals surface area contributed by atoms with Crippen molar-refractivity contribution in [2.75, 3.05) is 26.7 Å². The van der Waals surface area contributed by atoms with E-state index in [1.807, 2.05) is 119 Å². The van der Waals surface area contributed by atoms with Crippen LogP contribution in [0.3, 0.4) is 0 Å². The van der Waals surface area contributed by atoms with Gasteiger partial charge in [0, 0.05) is 44.3 Å². The Labute approximate surface area is 335 Å². The molecule has 13 heteroatoms. The first-order chi connectivity index (χ1) is 27.5. The molecule has 4 aromatic rings. The Bertz CT molecular complexity index is 1930. The summed E-state index contributed by atoms with van der Waals surface area (Å²) >= 11 is 0. The molecule has 2 heterocycles. The maximum absolute atomic E-state index is 14.5. The van der Waals surface area contributed by atoms with Crippen LogP contribution in [0.4, 0.5) is 9.59 Å². The van der Waals surface area contributed by atoms with Crippen LogP contribution in [-0.2, 0) is 33.8 Å². The third kappa shape index (κ3) is 11.3. The van der Waals surface area contributed by atoms with Crippen molar-refractivity contribution >= 4 is 34.8 Å². The van der Waals surface area contributed by atoms with Crippen molar-refractivity contribution in [2.24, 2.45) is 11.8 Å². The van der Waals surface area contributed by atoms with E-state index in [1.54, 1.807) is 21.0 Å². The van der Waals surface area contributed by atoms with E-state index >= 15 is 0 Å². The minimum Gasteiger partial charge on any atom is -0.453 e. The molecular weight excluding hydrogens is 723 g/mol. The van der Waals surface area contributed by atoms with Crippen LogP contribution in [0.2, 0.25) is 0 Å². The normalized spacial score (nSPS) is 16.1. The Balaban J connectivity index is 1.38. The number of pyridine rings is 1. The summed E-state index contributed by atoms with van der Waals surface area (Å²) in [7, 11) is 1.24. The summed E-state index contributed by atoms with van der Waals surface area (Å²) in [4.78, 5) is 62.5. The second-order valence-corrected chi connectivity index (χ2v) is 14.9. The first-order valence-corrected chi connectivity index (χ1v) is 19.9. The number of aliphatic hydroxyl groups excluding tert-OH is 1. The first-order valence-electron chi connectivity index (χ1n) is 19.9. The van der Waals surface area contributed by atoms with Gasteiger partial charge in [-0.15, -0.1) is 0 Å². The molecule has 6 unspecified atom stereocenters. The van der Waals surface area contributed by atoms with E-state index in [1.165, 1.54) is 7.11 Å². The van der Waals surface area contributed by atoms with Crippen molar-refractivity contribution < 1.29 is 29.0 Å². The number of aliphatic hydroxyl groups is 1. The first kappa shape index (κ1) is 42.6. The van der Waals surface area contributed by atoms with Gasteiger partial charge in [-0.3, -0.25) is 20.0 Å². The molecule has 13 nitrogen and oxygen atoms in total. The van der Waals surface area contributed by atoms with Crippen LogP contribution in [0.1, 0.15) is 57.2 Å². The van der Waals surface area contributed by atoms with Gasteiger partial charge in [0.25, 0.3) is 5.91 Å². The number of alkyl carbamates (subject to hydrolysis) is 1. The van der Waals surface area contributed by atoms with Gasteiger partial charge in [0.15, 0.2) is 0 Å². The fourth-order valence-electron chi connectivity index (χ4n) is 7.27. The maximum atomic E-state index is 14.5. The number of urea groups is 1. The molecule has 1 aliphatic rings. The molecule has 57 heavy (non-hydrogen) atoms. The highest BCUT2D eigenvalue weighted by Gasteiger charge is 2.41. The monoisotopic (exact) mass is 779 g/mol. The molecule has 1 aromatic heterocycles. The molecule has 1 fully saturated rings. The zero-order valence-electron chi connectivity index (χ0n) is 33.6. The van der Waals surface area contributed by atoms with Crippen molar-refractivity contribution in [3.63, 3.8) is 0 Å². The van der Waals surface area contributed by atoms with Gasteiger partial charge in [0.1, 0.15) is 12.1 Å². The van der Waals surface area contributed by atoms with Crippen LogP contribution >= 0.6 is 0 Å². The zero-order valence-corrected chi connectivity index (χ0v) is 33.6. The molecule has 5 amide bonds. The summed E-state index contributed by atoms with van der Waals surface area (Å²) in [5.74, 6) is -1.22. The highest BCUT2D eigenvalue weighted by molar-refractivity contribution is 5.89. The van der Waals surface area contributed by atoms with Gasteiger partial charge in [0.2, 0.25) is 5.91 Å². The van der Waals surface area contributed by atoms with Crippen LogP contribution in [0.25, 0.3) is 10.9 Å². The van der Waals surface area contributed by atoms with E-state index in [4.69, 9.17) is 4.74 Å². The lowest BCUT2D eigenvalue weighted by Crippen LogP contribution is -2.59. The van der Waals surface area contributed by atoms with Gasteiger partial charge in [-0.25, -0.2) is 14.6 Å². The molecule has 0 radical (unpaired) electrons. The molecule has 0 saturated carbocycles. The third-order valence-electron chi connectivity index (χ3n) is 11.0. The molecule has 0 bridgehead atoms. The van der Waals surface area contributed by atoms with E-state index in [2.05, 4.69) is 21.0 Å². The summed E-state index contributed by atoms with van der Waals surface area (Å²) in [6.45, 7) is 9.15. The molecular formula is C44H57N7O6. The lowest BCUT2D eigenvalue weighted by Gasteiger charge is -2.35. The molecule has 0 aliphatic carbocycles. The van der Waals surface area contributed by atoms with Crippen molar-refractivity contribution in [1.29, 1.82) is 0 Å². The maximum Gasteiger partial charge on any atom is 0.407 e. The summed E-state index contributed by atoms with van der Waals surface area (Å²) in [5.41, 5.74) is 6.55. The number of hydrazine groups is 1. The SMILES string of the molecule is CCC(C)C(NC(=O)OC)C(=O)NN(Cc1ccccc1)CC(O)C(Cc1ccccc1)NC(=O)C(C(C)CC)N1CCN(Cc2ccnc3ccccc23)C1=O. The smallest absolute Gasteiger partial charge is 0.407 e. The summed E-state index contributed by atoms with van der Waals surface area (Å²) in [6.07, 6.45) is 1.41. The number of carbonyl (C=O) groups excluding carboxylic acids is 4. The zero-order chi connectivity index (χ0) is 40.9. The predicted octanol–water partition coefficient (Wildman–Crippen LogP) is 5.28. The molecule has 304 valence electrons. The van der Waals surface area contributed by atoms with Gasteiger partial charge in [-0.2, -0.15) is 0 Å². The number of hydrogen-bond donors (Lipinski definition) is 4. The lowest BCUT2D eigenvalue weighted by atomic mass is 9.95. The molecule has 3 aromatic carbocycles. The summed E-state index contributed by atoms with van der Waals surface area (Å²) in [6, 6.07) is 26.1. The number of nitrogens with zero attached hydrogens (tertiary/aromatic N) is 4. The Morgan fingerprint density at radius 3 is 2.16 bits per heavy atom. The van der Waals surface area contributed by atoms with E-state index < -0.39 is 36.2 Å². The number of fused-ring (bicyclic) bond motifs is 1. The van der Waals surface area contributed by atoms with Crippen molar-refractivity contribution in [3.8, 4) is 0 Å². The minimum absolute atomic E-state index is 0.0613. The number of hydrogen-bond acceptors (Lipinski definition) is 8. The highest BCUT2D eigenvalue weighted by Crippen LogP contribution is 2.25. The number of ether oxygens (including phenoxy) is 1. The fourth-order valence-corrected chi connectivity index (χ4v) is 7.27. The standard InChI is InChI=1S/C44H57N7O6/c1-6-30(3)39(47-43(55)57-5)41(53)48-50(27-33-18-12-9-13-19-33)29-38(52)37(26-32-16-10-8-11-17-32)46-42(54)40(31(4)7-2)51-25-24-49(44(51)56)28-34-22-23-45-36-21-15-14-20-35(34)36/h8-23,30-31,37-40,52H,6-7,24-29H2,1-5H3,(H,46,54)(H,47,55)(H,48,53). The fraction of sp³-hybridized carbons (Fsp3) is 0.432. The van der Waals surface area contributed by atoms with Gasteiger partial charge < -0.3 is 30.3 Å². The molecule has 4 N–H and O–H groups in total. The molecule has 0 spiro atoms. The number of methoxy groups -OCH3 is 1. The topological polar surface area (TPSA) is 156 Å². The van der Waals surface area contributed by atoms with E-state index in [0.717, 1.165) is 27.6 Å². The van der Waals surface area contributed by atoms with Crippen LogP contribution < -0.4 is 16.1 Å². The number of benzene rings is 3. The third-order valence-corrected chi connectivity index (χ3v) is 11.0. The molecule has 6 atom stereocenters. The van der Waals surface area contributed by atoms with E-state index in [-0.39, 0.29) is 36.9 Å². The van der Waals surface area contributed by atoms with Crippen LogP contribution in [0, 0.1) is 11.8 Å². The number of aromatic nitrogens is 1. The van der Waals surface area contributed by atoms with Crippen molar-refractivity contribution in [3.05, 3.63) is 114 Å². The number of rotatable bonds is 19.